The molecule has 11 heavy (non-hydrogen) atoms. The Hall–Kier alpha value is -0.260. The van der Waals surface area contributed by atoms with Gasteiger partial charge in [-0.15, -0.1) is 0 Å². The van der Waals surface area contributed by atoms with Crippen molar-refractivity contribution in [1.29, 1.82) is 0 Å². The van der Waals surface area contributed by atoms with Crippen LogP contribution in [0.2, 0.25) is 0 Å². The highest BCUT2D eigenvalue weighted by atomic mass is 14.5. The molecule has 3 aliphatic carbocycles. The Morgan fingerprint density at radius 3 is 2.64 bits per heavy atom. The van der Waals surface area contributed by atoms with Crippen molar-refractivity contribution in [2.75, 3.05) is 0 Å². The van der Waals surface area contributed by atoms with E-state index in [2.05, 4.69) is 6.58 Å². The Bertz CT molecular complexity index is 204. The van der Waals surface area contributed by atoms with E-state index >= 15 is 0 Å². The summed E-state index contributed by atoms with van der Waals surface area (Å²) in [4.78, 5) is 0. The molecule has 0 N–H and O–H groups in total. The minimum absolute atomic E-state index is 0.965. The van der Waals surface area contributed by atoms with E-state index in [4.69, 9.17) is 0 Å². The second-order valence-electron chi connectivity index (χ2n) is 4.72. The van der Waals surface area contributed by atoms with Gasteiger partial charge in [-0.25, -0.2) is 0 Å². The van der Waals surface area contributed by atoms with Crippen molar-refractivity contribution >= 4 is 0 Å². The third-order valence-electron chi connectivity index (χ3n) is 4.36. The van der Waals surface area contributed by atoms with Gasteiger partial charge >= 0.3 is 0 Å². The average Bonchev–Trinajstić information content (AvgIpc) is 2.53. The summed E-state index contributed by atoms with van der Waals surface area (Å²) in [5.74, 6) is 4.25. The highest BCUT2D eigenvalue weighted by molar-refractivity contribution is 5.17. The minimum Gasteiger partial charge on any atom is -0.0996 e. The molecular formula is C11H16. The molecule has 4 unspecified atom stereocenters. The third-order valence-corrected chi connectivity index (χ3v) is 4.36. The summed E-state index contributed by atoms with van der Waals surface area (Å²) in [6, 6.07) is 0. The number of rotatable bonds is 0. The van der Waals surface area contributed by atoms with E-state index in [0.29, 0.717) is 0 Å². The predicted molar refractivity (Wildman–Crippen MR) is 46.2 cm³/mol. The maximum absolute atomic E-state index is 4.22. The van der Waals surface area contributed by atoms with Crippen molar-refractivity contribution < 1.29 is 0 Å². The summed E-state index contributed by atoms with van der Waals surface area (Å²) >= 11 is 0. The van der Waals surface area contributed by atoms with Gasteiger partial charge in [0.2, 0.25) is 0 Å². The van der Waals surface area contributed by atoms with E-state index in [-0.39, 0.29) is 0 Å². The number of allylic oxidation sites excluding steroid dienone is 1. The van der Waals surface area contributed by atoms with E-state index in [1.807, 2.05) is 0 Å². The first kappa shape index (κ1) is 6.28. The molecule has 0 saturated heterocycles. The molecule has 3 aliphatic rings. The summed E-state index contributed by atoms with van der Waals surface area (Å²) in [6.45, 7) is 4.22. The molecule has 0 nitrogen and oxygen atoms in total. The number of hydrogen-bond donors (Lipinski definition) is 0. The van der Waals surface area contributed by atoms with E-state index < -0.39 is 0 Å². The fourth-order valence-electron chi connectivity index (χ4n) is 3.98. The van der Waals surface area contributed by atoms with Crippen molar-refractivity contribution in [3.63, 3.8) is 0 Å². The minimum atomic E-state index is 0.965. The highest BCUT2D eigenvalue weighted by Gasteiger charge is 2.50. The van der Waals surface area contributed by atoms with E-state index in [9.17, 15) is 0 Å². The Labute approximate surface area is 68.7 Å². The average molecular weight is 148 g/mol. The molecule has 3 rings (SSSR count). The molecule has 4 atom stereocenters. The lowest BCUT2D eigenvalue weighted by Gasteiger charge is -2.12. The Morgan fingerprint density at radius 2 is 1.73 bits per heavy atom. The van der Waals surface area contributed by atoms with Crippen molar-refractivity contribution in [1.82, 2.24) is 0 Å². The van der Waals surface area contributed by atoms with Gasteiger partial charge in [0.25, 0.3) is 0 Å². The molecule has 0 aromatic carbocycles. The monoisotopic (exact) mass is 148 g/mol. The van der Waals surface area contributed by atoms with Crippen molar-refractivity contribution in [2.24, 2.45) is 23.7 Å². The Morgan fingerprint density at radius 1 is 1.00 bits per heavy atom. The smallest absolute Gasteiger partial charge is 0.0172 e. The first-order valence-electron chi connectivity index (χ1n) is 5.04. The van der Waals surface area contributed by atoms with Crippen LogP contribution in [-0.2, 0) is 0 Å². The summed E-state index contributed by atoms with van der Waals surface area (Å²) in [6.07, 6.45) is 7.44. The molecule has 0 heteroatoms. The lowest BCUT2D eigenvalue weighted by atomic mass is 9.92. The maximum atomic E-state index is 4.22. The predicted octanol–water partition coefficient (Wildman–Crippen LogP) is 3.00. The molecule has 0 aromatic rings. The molecule has 60 valence electrons. The molecule has 0 radical (unpaired) electrons. The first-order chi connectivity index (χ1) is 5.36. The van der Waals surface area contributed by atoms with Crippen LogP contribution in [0.15, 0.2) is 12.2 Å². The van der Waals surface area contributed by atoms with Crippen LogP contribution in [0, 0.1) is 23.7 Å². The van der Waals surface area contributed by atoms with Gasteiger partial charge in [0.05, 0.1) is 0 Å². The van der Waals surface area contributed by atoms with Crippen molar-refractivity contribution in [3.05, 3.63) is 12.2 Å². The lowest BCUT2D eigenvalue weighted by Crippen LogP contribution is -2.07. The second-order valence-corrected chi connectivity index (χ2v) is 4.72. The summed E-state index contributed by atoms with van der Waals surface area (Å²) in [5.41, 5.74) is 1.60. The van der Waals surface area contributed by atoms with Crippen molar-refractivity contribution in [3.8, 4) is 0 Å². The molecule has 3 saturated carbocycles. The van der Waals surface area contributed by atoms with E-state index in [1.54, 1.807) is 12.0 Å². The Kier molecular flexibility index (Phi) is 1.09. The first-order valence-corrected chi connectivity index (χ1v) is 5.04. The van der Waals surface area contributed by atoms with Gasteiger partial charge < -0.3 is 0 Å². The Balaban J connectivity index is 1.99. The van der Waals surface area contributed by atoms with Crippen LogP contribution < -0.4 is 0 Å². The summed E-state index contributed by atoms with van der Waals surface area (Å²) in [7, 11) is 0. The molecule has 3 fully saturated rings. The zero-order valence-corrected chi connectivity index (χ0v) is 7.05. The van der Waals surface area contributed by atoms with Crippen LogP contribution in [0.25, 0.3) is 0 Å². The van der Waals surface area contributed by atoms with Gasteiger partial charge in [-0.1, -0.05) is 12.2 Å². The van der Waals surface area contributed by atoms with Crippen LogP contribution in [0.1, 0.15) is 32.1 Å². The molecule has 0 aromatic heterocycles. The van der Waals surface area contributed by atoms with E-state index in [1.165, 1.54) is 25.7 Å². The zero-order valence-electron chi connectivity index (χ0n) is 7.05. The molecular weight excluding hydrogens is 132 g/mol. The maximum Gasteiger partial charge on any atom is -0.0172 e. The van der Waals surface area contributed by atoms with Gasteiger partial charge in [-0.3, -0.25) is 0 Å². The third kappa shape index (κ3) is 0.660. The quantitative estimate of drug-likeness (QED) is 0.463. The van der Waals surface area contributed by atoms with Crippen LogP contribution in [0.4, 0.5) is 0 Å². The molecule has 0 amide bonds. The fraction of sp³-hybridized carbons (Fsp3) is 0.818. The van der Waals surface area contributed by atoms with Gasteiger partial charge in [0.1, 0.15) is 0 Å². The summed E-state index contributed by atoms with van der Waals surface area (Å²) < 4.78 is 0. The van der Waals surface area contributed by atoms with Crippen LogP contribution in [-0.4, -0.2) is 0 Å². The SMILES string of the molecule is C=C1CC2CCC3CCC1C32. The normalized spacial score (nSPS) is 53.6. The molecule has 0 spiro atoms. The zero-order chi connectivity index (χ0) is 7.42. The lowest BCUT2D eigenvalue weighted by molar-refractivity contribution is 0.363. The van der Waals surface area contributed by atoms with E-state index in [0.717, 1.165) is 23.7 Å². The molecule has 0 bridgehead atoms. The van der Waals surface area contributed by atoms with Crippen LogP contribution in [0.3, 0.4) is 0 Å². The van der Waals surface area contributed by atoms with Gasteiger partial charge in [0.15, 0.2) is 0 Å². The molecule has 0 heterocycles. The largest absolute Gasteiger partial charge is 0.0996 e. The highest BCUT2D eigenvalue weighted by Crippen LogP contribution is 2.59. The van der Waals surface area contributed by atoms with Gasteiger partial charge in [0, 0.05) is 0 Å². The molecule has 0 aliphatic heterocycles. The van der Waals surface area contributed by atoms with Crippen molar-refractivity contribution in [2.45, 2.75) is 32.1 Å². The fourth-order valence-corrected chi connectivity index (χ4v) is 3.98. The standard InChI is InChI=1S/C11H16/c1-7-6-9-3-2-8-4-5-10(7)11(8)9/h8-11H,1-6H2. The topological polar surface area (TPSA) is 0 Å². The van der Waals surface area contributed by atoms with Gasteiger partial charge in [-0.2, -0.15) is 0 Å². The second kappa shape index (κ2) is 1.91. The summed E-state index contributed by atoms with van der Waals surface area (Å²) in [5, 5.41) is 0. The number of hydrogen-bond acceptors (Lipinski definition) is 0. The van der Waals surface area contributed by atoms with Crippen LogP contribution in [0.5, 0.6) is 0 Å². The van der Waals surface area contributed by atoms with Gasteiger partial charge in [-0.05, 0) is 55.8 Å². The van der Waals surface area contributed by atoms with Crippen LogP contribution >= 0.6 is 0 Å².